The molecule has 0 spiro atoms. The minimum absolute atomic E-state index is 0.0475. The summed E-state index contributed by atoms with van der Waals surface area (Å²) in [6.45, 7) is 4.27. The second kappa shape index (κ2) is 8.39. The number of rotatable bonds is 6. The second-order valence-corrected chi connectivity index (χ2v) is 7.79. The molecule has 28 heavy (non-hydrogen) atoms. The SMILES string of the molecule is CCOC(=O)N1C2CCC1CC(NCCNC(=O)c1ccc3c(c1)CCO3)C2. The van der Waals surface area contributed by atoms with Crippen molar-refractivity contribution in [3.05, 3.63) is 29.3 Å². The molecule has 7 nitrogen and oxygen atoms in total. The van der Waals surface area contributed by atoms with Crippen LogP contribution in [0, 0.1) is 0 Å². The number of hydrogen-bond donors (Lipinski definition) is 2. The van der Waals surface area contributed by atoms with Crippen molar-refractivity contribution in [2.45, 2.75) is 57.2 Å². The topological polar surface area (TPSA) is 79.9 Å². The van der Waals surface area contributed by atoms with Crippen LogP contribution in [0.15, 0.2) is 18.2 Å². The zero-order valence-electron chi connectivity index (χ0n) is 16.4. The zero-order chi connectivity index (χ0) is 19.5. The summed E-state index contributed by atoms with van der Waals surface area (Å²) >= 11 is 0. The van der Waals surface area contributed by atoms with Gasteiger partial charge in [-0.1, -0.05) is 0 Å². The van der Waals surface area contributed by atoms with Crippen LogP contribution in [-0.2, 0) is 11.2 Å². The van der Waals surface area contributed by atoms with Crippen molar-refractivity contribution < 1.29 is 19.1 Å². The lowest BCUT2D eigenvalue weighted by Gasteiger charge is -2.38. The molecular weight excluding hydrogens is 358 g/mol. The van der Waals surface area contributed by atoms with Gasteiger partial charge < -0.3 is 25.0 Å². The van der Waals surface area contributed by atoms with E-state index in [2.05, 4.69) is 10.6 Å². The number of amides is 2. The third-order valence-electron chi connectivity index (χ3n) is 6.01. The number of carbonyl (C=O) groups excluding carboxylic acids is 2. The van der Waals surface area contributed by atoms with E-state index < -0.39 is 0 Å². The Balaban J connectivity index is 1.20. The number of nitrogens with one attached hydrogen (secondary N) is 2. The van der Waals surface area contributed by atoms with Gasteiger partial charge >= 0.3 is 6.09 Å². The molecule has 2 bridgehead atoms. The predicted molar refractivity (Wildman–Crippen MR) is 105 cm³/mol. The Bertz CT molecular complexity index is 724. The van der Waals surface area contributed by atoms with Crippen molar-refractivity contribution in [2.24, 2.45) is 0 Å². The number of fused-ring (bicyclic) bond motifs is 3. The molecular formula is C21H29N3O4. The fourth-order valence-electron chi connectivity index (χ4n) is 4.72. The molecule has 3 aliphatic heterocycles. The second-order valence-electron chi connectivity index (χ2n) is 7.79. The molecule has 0 aliphatic carbocycles. The predicted octanol–water partition coefficient (Wildman–Crippen LogP) is 2.09. The highest BCUT2D eigenvalue weighted by Gasteiger charge is 2.43. The summed E-state index contributed by atoms with van der Waals surface area (Å²) < 4.78 is 10.7. The Morgan fingerprint density at radius 3 is 2.75 bits per heavy atom. The minimum atomic E-state index is -0.166. The molecule has 2 atom stereocenters. The fourth-order valence-corrected chi connectivity index (χ4v) is 4.72. The normalized spacial score (nSPS) is 25.2. The van der Waals surface area contributed by atoms with E-state index in [0.717, 1.165) is 50.0 Å². The van der Waals surface area contributed by atoms with Crippen LogP contribution in [0.3, 0.4) is 0 Å². The summed E-state index contributed by atoms with van der Waals surface area (Å²) in [5, 5.41) is 6.53. The molecule has 0 saturated carbocycles. The number of benzene rings is 1. The average Bonchev–Trinajstić information content (AvgIpc) is 3.27. The third kappa shape index (κ3) is 3.94. The van der Waals surface area contributed by atoms with E-state index in [1.807, 2.05) is 30.0 Å². The monoisotopic (exact) mass is 387 g/mol. The van der Waals surface area contributed by atoms with E-state index in [4.69, 9.17) is 9.47 Å². The van der Waals surface area contributed by atoms with Gasteiger partial charge in [-0.25, -0.2) is 4.79 Å². The van der Waals surface area contributed by atoms with Crippen molar-refractivity contribution in [3.8, 4) is 5.75 Å². The molecule has 152 valence electrons. The van der Waals surface area contributed by atoms with Crippen LogP contribution in [0.2, 0.25) is 0 Å². The summed E-state index contributed by atoms with van der Waals surface area (Å²) in [7, 11) is 0. The van der Waals surface area contributed by atoms with Gasteiger partial charge in [0, 0.05) is 43.2 Å². The molecule has 2 N–H and O–H groups in total. The van der Waals surface area contributed by atoms with Gasteiger partial charge in [-0.15, -0.1) is 0 Å². The third-order valence-corrected chi connectivity index (χ3v) is 6.01. The van der Waals surface area contributed by atoms with Crippen LogP contribution in [0.25, 0.3) is 0 Å². The number of nitrogens with zero attached hydrogens (tertiary/aromatic N) is 1. The Morgan fingerprint density at radius 1 is 1.21 bits per heavy atom. The maximum atomic E-state index is 12.4. The van der Waals surface area contributed by atoms with Crippen LogP contribution < -0.4 is 15.4 Å². The van der Waals surface area contributed by atoms with Gasteiger partial charge in [0.15, 0.2) is 0 Å². The number of hydrogen-bond acceptors (Lipinski definition) is 5. The van der Waals surface area contributed by atoms with Gasteiger partial charge in [0.2, 0.25) is 0 Å². The fraction of sp³-hybridized carbons (Fsp3) is 0.619. The van der Waals surface area contributed by atoms with Gasteiger partial charge in [-0.05, 0) is 56.4 Å². The Kier molecular flexibility index (Phi) is 5.71. The highest BCUT2D eigenvalue weighted by molar-refractivity contribution is 5.94. The summed E-state index contributed by atoms with van der Waals surface area (Å²) in [5.41, 5.74) is 1.79. The number of piperidine rings is 1. The van der Waals surface area contributed by atoms with E-state index in [0.29, 0.717) is 31.4 Å². The lowest BCUT2D eigenvalue weighted by Crippen LogP contribution is -2.52. The molecule has 1 aromatic carbocycles. The number of carbonyl (C=O) groups is 2. The van der Waals surface area contributed by atoms with Gasteiger partial charge in [0.1, 0.15) is 5.75 Å². The molecule has 2 saturated heterocycles. The molecule has 4 rings (SSSR count). The van der Waals surface area contributed by atoms with E-state index in [1.165, 1.54) is 0 Å². The van der Waals surface area contributed by atoms with Crippen LogP contribution in [0.5, 0.6) is 5.75 Å². The van der Waals surface area contributed by atoms with Crippen molar-refractivity contribution in [3.63, 3.8) is 0 Å². The summed E-state index contributed by atoms with van der Waals surface area (Å²) in [6.07, 6.45) is 4.72. The maximum absolute atomic E-state index is 12.4. The lowest BCUT2D eigenvalue weighted by molar-refractivity contribution is 0.0659. The van der Waals surface area contributed by atoms with Crippen LogP contribution >= 0.6 is 0 Å². The van der Waals surface area contributed by atoms with Crippen molar-refractivity contribution >= 4 is 12.0 Å². The van der Waals surface area contributed by atoms with E-state index >= 15 is 0 Å². The Hall–Kier alpha value is -2.28. The van der Waals surface area contributed by atoms with Gasteiger partial charge in [-0.3, -0.25) is 4.79 Å². The van der Waals surface area contributed by atoms with Crippen LogP contribution in [0.1, 0.15) is 48.5 Å². The molecule has 2 fully saturated rings. The van der Waals surface area contributed by atoms with Crippen molar-refractivity contribution in [1.29, 1.82) is 0 Å². The van der Waals surface area contributed by atoms with E-state index in [-0.39, 0.29) is 24.1 Å². The first kappa shape index (κ1) is 19.1. The van der Waals surface area contributed by atoms with Gasteiger partial charge in [0.25, 0.3) is 5.91 Å². The molecule has 0 radical (unpaired) electrons. The molecule has 3 aliphatic rings. The van der Waals surface area contributed by atoms with Gasteiger partial charge in [-0.2, -0.15) is 0 Å². The van der Waals surface area contributed by atoms with Gasteiger partial charge in [0.05, 0.1) is 13.2 Å². The van der Waals surface area contributed by atoms with Crippen LogP contribution in [0.4, 0.5) is 4.79 Å². The summed E-state index contributed by atoms with van der Waals surface area (Å²) in [5.74, 6) is 0.843. The largest absolute Gasteiger partial charge is 0.493 e. The summed E-state index contributed by atoms with van der Waals surface area (Å²) in [6, 6.07) is 6.56. The minimum Gasteiger partial charge on any atom is -0.493 e. The first-order chi connectivity index (χ1) is 13.7. The Labute approximate surface area is 165 Å². The van der Waals surface area contributed by atoms with Crippen molar-refractivity contribution in [1.82, 2.24) is 15.5 Å². The highest BCUT2D eigenvalue weighted by Crippen LogP contribution is 2.36. The lowest BCUT2D eigenvalue weighted by atomic mass is 9.98. The average molecular weight is 387 g/mol. The summed E-state index contributed by atoms with van der Waals surface area (Å²) in [4.78, 5) is 26.4. The Morgan fingerprint density at radius 2 is 2.00 bits per heavy atom. The smallest absolute Gasteiger partial charge is 0.410 e. The maximum Gasteiger partial charge on any atom is 0.410 e. The molecule has 0 aromatic heterocycles. The highest BCUT2D eigenvalue weighted by atomic mass is 16.6. The quantitative estimate of drug-likeness (QED) is 0.731. The van der Waals surface area contributed by atoms with E-state index in [9.17, 15) is 9.59 Å². The molecule has 2 amide bonds. The van der Waals surface area contributed by atoms with Crippen LogP contribution in [-0.4, -0.2) is 61.3 Å². The molecule has 7 heteroatoms. The first-order valence-corrected chi connectivity index (χ1v) is 10.4. The first-order valence-electron chi connectivity index (χ1n) is 10.4. The van der Waals surface area contributed by atoms with E-state index in [1.54, 1.807) is 0 Å². The molecule has 2 unspecified atom stereocenters. The zero-order valence-corrected chi connectivity index (χ0v) is 16.4. The molecule has 1 aromatic rings. The van der Waals surface area contributed by atoms with Crippen molar-refractivity contribution in [2.75, 3.05) is 26.3 Å². The standard InChI is InChI=1S/C21H29N3O4/c1-2-27-21(26)24-17-4-5-18(24)13-16(12-17)22-8-9-23-20(25)15-3-6-19-14(11-15)7-10-28-19/h3,6,11,16-18,22H,2,4-5,7-10,12-13H2,1H3,(H,23,25). The molecule has 3 heterocycles. The number of ether oxygens (including phenoxy) is 2.